The molecule has 8 heteroatoms. The maximum absolute atomic E-state index is 11.8. The molecule has 2 aromatic carbocycles. The fraction of sp³-hybridized carbons (Fsp3) is 0.200. The number of nitro groups is 1. The van der Waals surface area contributed by atoms with E-state index in [0.29, 0.717) is 6.54 Å². The van der Waals surface area contributed by atoms with Crippen LogP contribution < -0.4 is 10.0 Å². The molecule has 0 spiro atoms. The molecule has 0 saturated carbocycles. The SMILES string of the molecule is CNS(=O)(=O)c1ccc(NCc2ccccc2C)c([N+](=O)[O-])c1. The van der Waals surface area contributed by atoms with Crippen LogP contribution in [0.5, 0.6) is 0 Å². The molecule has 0 aliphatic carbocycles. The van der Waals surface area contributed by atoms with E-state index in [1.54, 1.807) is 0 Å². The fourth-order valence-electron chi connectivity index (χ4n) is 2.10. The quantitative estimate of drug-likeness (QED) is 0.623. The monoisotopic (exact) mass is 335 g/mol. The van der Waals surface area contributed by atoms with Crippen molar-refractivity contribution in [3.05, 3.63) is 63.7 Å². The average Bonchev–Trinajstić information content (AvgIpc) is 2.53. The van der Waals surface area contributed by atoms with Crippen molar-refractivity contribution >= 4 is 21.4 Å². The Morgan fingerprint density at radius 1 is 1.17 bits per heavy atom. The maximum atomic E-state index is 11.8. The molecule has 0 aromatic heterocycles. The van der Waals surface area contributed by atoms with E-state index in [-0.39, 0.29) is 16.3 Å². The summed E-state index contributed by atoms with van der Waals surface area (Å²) in [7, 11) is -2.47. The predicted octanol–water partition coefficient (Wildman–Crippen LogP) is 2.42. The average molecular weight is 335 g/mol. The second kappa shape index (κ2) is 6.76. The van der Waals surface area contributed by atoms with Gasteiger partial charge in [-0.1, -0.05) is 24.3 Å². The van der Waals surface area contributed by atoms with Gasteiger partial charge in [-0.05, 0) is 37.2 Å². The minimum atomic E-state index is -3.73. The molecule has 2 rings (SSSR count). The van der Waals surface area contributed by atoms with Crippen LogP contribution in [0.2, 0.25) is 0 Å². The number of nitro benzene ring substituents is 1. The molecule has 0 unspecified atom stereocenters. The van der Waals surface area contributed by atoms with Gasteiger partial charge in [-0.15, -0.1) is 0 Å². The molecule has 0 aliphatic heterocycles. The maximum Gasteiger partial charge on any atom is 0.293 e. The van der Waals surface area contributed by atoms with Crippen molar-refractivity contribution in [3.8, 4) is 0 Å². The lowest BCUT2D eigenvalue weighted by Gasteiger charge is -2.10. The number of benzene rings is 2. The van der Waals surface area contributed by atoms with Crippen molar-refractivity contribution in [1.82, 2.24) is 4.72 Å². The summed E-state index contributed by atoms with van der Waals surface area (Å²) in [5, 5.41) is 14.2. The van der Waals surface area contributed by atoms with Crippen LogP contribution in [0.15, 0.2) is 47.4 Å². The van der Waals surface area contributed by atoms with Gasteiger partial charge in [0, 0.05) is 12.6 Å². The number of sulfonamides is 1. The first-order valence-electron chi connectivity index (χ1n) is 6.85. The Morgan fingerprint density at radius 2 is 1.87 bits per heavy atom. The van der Waals surface area contributed by atoms with E-state index in [0.717, 1.165) is 17.2 Å². The van der Waals surface area contributed by atoms with E-state index in [4.69, 9.17) is 0 Å². The summed E-state index contributed by atoms with van der Waals surface area (Å²) in [6.45, 7) is 2.36. The third kappa shape index (κ3) is 3.85. The molecule has 0 bridgehead atoms. The lowest BCUT2D eigenvalue weighted by atomic mass is 10.1. The predicted molar refractivity (Wildman–Crippen MR) is 87.8 cm³/mol. The van der Waals surface area contributed by atoms with Gasteiger partial charge in [0.1, 0.15) is 5.69 Å². The van der Waals surface area contributed by atoms with Crippen LogP contribution in [0.1, 0.15) is 11.1 Å². The van der Waals surface area contributed by atoms with Crippen molar-refractivity contribution in [2.24, 2.45) is 0 Å². The van der Waals surface area contributed by atoms with Crippen molar-refractivity contribution in [2.75, 3.05) is 12.4 Å². The first kappa shape index (κ1) is 16.9. The van der Waals surface area contributed by atoms with Crippen molar-refractivity contribution in [3.63, 3.8) is 0 Å². The number of nitrogens with one attached hydrogen (secondary N) is 2. The van der Waals surface area contributed by atoms with E-state index in [9.17, 15) is 18.5 Å². The van der Waals surface area contributed by atoms with Crippen LogP contribution in [0.4, 0.5) is 11.4 Å². The Bertz CT molecular complexity index is 834. The number of hydrogen-bond acceptors (Lipinski definition) is 5. The van der Waals surface area contributed by atoms with E-state index in [1.807, 2.05) is 31.2 Å². The summed E-state index contributed by atoms with van der Waals surface area (Å²) in [5.74, 6) is 0. The van der Waals surface area contributed by atoms with E-state index in [2.05, 4.69) is 10.0 Å². The Labute approximate surface area is 134 Å². The summed E-state index contributed by atoms with van der Waals surface area (Å²) in [6, 6.07) is 11.5. The molecule has 0 radical (unpaired) electrons. The van der Waals surface area contributed by atoms with Crippen molar-refractivity contribution in [2.45, 2.75) is 18.4 Å². The number of aryl methyl sites for hydroxylation is 1. The molecule has 0 saturated heterocycles. The van der Waals surface area contributed by atoms with Gasteiger partial charge in [-0.3, -0.25) is 10.1 Å². The van der Waals surface area contributed by atoms with Gasteiger partial charge >= 0.3 is 0 Å². The molecule has 7 nitrogen and oxygen atoms in total. The van der Waals surface area contributed by atoms with Crippen LogP contribution in [-0.2, 0) is 16.6 Å². The standard InChI is InChI=1S/C15H17N3O4S/c1-11-5-3-4-6-12(11)10-17-14-8-7-13(23(21,22)16-2)9-15(14)18(19)20/h3-9,16-17H,10H2,1-2H3. The molecule has 122 valence electrons. The smallest absolute Gasteiger partial charge is 0.293 e. The summed E-state index contributed by atoms with van der Waals surface area (Å²) >= 11 is 0. The van der Waals surface area contributed by atoms with Crippen LogP contribution in [0.25, 0.3) is 0 Å². The minimum absolute atomic E-state index is 0.145. The van der Waals surface area contributed by atoms with Crippen LogP contribution in [-0.4, -0.2) is 20.4 Å². The highest BCUT2D eigenvalue weighted by atomic mass is 32.2. The molecule has 0 heterocycles. The largest absolute Gasteiger partial charge is 0.375 e. The highest BCUT2D eigenvalue weighted by molar-refractivity contribution is 7.89. The zero-order chi connectivity index (χ0) is 17.0. The Morgan fingerprint density at radius 3 is 2.48 bits per heavy atom. The first-order valence-corrected chi connectivity index (χ1v) is 8.34. The van der Waals surface area contributed by atoms with Gasteiger partial charge in [-0.25, -0.2) is 13.1 Å². The highest BCUT2D eigenvalue weighted by Gasteiger charge is 2.20. The normalized spacial score (nSPS) is 11.2. The molecule has 0 atom stereocenters. The Balaban J connectivity index is 2.32. The summed E-state index contributed by atoms with van der Waals surface area (Å²) < 4.78 is 25.7. The first-order chi connectivity index (χ1) is 10.8. The third-order valence-corrected chi connectivity index (χ3v) is 4.89. The minimum Gasteiger partial charge on any atom is -0.375 e. The summed E-state index contributed by atoms with van der Waals surface area (Å²) in [4.78, 5) is 10.5. The molecule has 2 aromatic rings. The van der Waals surface area contributed by atoms with Crippen LogP contribution in [0, 0.1) is 17.0 Å². The molecule has 0 amide bonds. The zero-order valence-electron chi connectivity index (χ0n) is 12.7. The molecule has 2 N–H and O–H groups in total. The topological polar surface area (TPSA) is 101 Å². The van der Waals surface area contributed by atoms with Gasteiger partial charge in [0.15, 0.2) is 0 Å². The van der Waals surface area contributed by atoms with Crippen LogP contribution in [0.3, 0.4) is 0 Å². The second-order valence-electron chi connectivity index (χ2n) is 4.92. The van der Waals surface area contributed by atoms with Gasteiger partial charge in [0.25, 0.3) is 5.69 Å². The molecule has 23 heavy (non-hydrogen) atoms. The van der Waals surface area contributed by atoms with Gasteiger partial charge < -0.3 is 5.32 Å². The Kier molecular flexibility index (Phi) is 4.97. The highest BCUT2D eigenvalue weighted by Crippen LogP contribution is 2.28. The zero-order valence-corrected chi connectivity index (χ0v) is 13.6. The molecule has 0 aliphatic rings. The number of hydrogen-bond donors (Lipinski definition) is 2. The lowest BCUT2D eigenvalue weighted by molar-refractivity contribution is -0.384. The summed E-state index contributed by atoms with van der Waals surface area (Å²) in [6.07, 6.45) is 0. The number of nitrogens with zero attached hydrogens (tertiary/aromatic N) is 1. The lowest BCUT2D eigenvalue weighted by Crippen LogP contribution is -2.18. The van der Waals surface area contributed by atoms with E-state index >= 15 is 0 Å². The fourth-order valence-corrected chi connectivity index (χ4v) is 2.85. The second-order valence-corrected chi connectivity index (χ2v) is 6.81. The number of anilines is 1. The van der Waals surface area contributed by atoms with Gasteiger partial charge in [0.2, 0.25) is 10.0 Å². The molecule has 0 fully saturated rings. The van der Waals surface area contributed by atoms with Crippen molar-refractivity contribution in [1.29, 1.82) is 0 Å². The Hall–Kier alpha value is -2.45. The van der Waals surface area contributed by atoms with E-state index in [1.165, 1.54) is 19.2 Å². The van der Waals surface area contributed by atoms with Gasteiger partial charge in [-0.2, -0.15) is 0 Å². The van der Waals surface area contributed by atoms with Crippen molar-refractivity contribution < 1.29 is 13.3 Å². The molecular weight excluding hydrogens is 318 g/mol. The number of rotatable bonds is 6. The third-order valence-electron chi connectivity index (χ3n) is 3.48. The van der Waals surface area contributed by atoms with E-state index < -0.39 is 14.9 Å². The summed E-state index contributed by atoms with van der Waals surface area (Å²) in [5.41, 5.74) is 2.06. The molecular formula is C15H17N3O4S. The van der Waals surface area contributed by atoms with Gasteiger partial charge in [0.05, 0.1) is 9.82 Å². The van der Waals surface area contributed by atoms with Crippen LogP contribution >= 0.6 is 0 Å².